The number of allylic oxidation sites excluding steroid dienone is 2. The zero-order chi connectivity index (χ0) is 20.1. The van der Waals surface area contributed by atoms with Crippen LogP contribution >= 0.6 is 0 Å². The lowest BCUT2D eigenvalue weighted by atomic mass is 9.96. The van der Waals surface area contributed by atoms with E-state index in [0.29, 0.717) is 12.2 Å². The molecule has 6 nitrogen and oxygen atoms in total. The van der Waals surface area contributed by atoms with Crippen LogP contribution in [0.4, 0.5) is 4.79 Å². The van der Waals surface area contributed by atoms with Crippen molar-refractivity contribution in [3.05, 3.63) is 59.9 Å². The summed E-state index contributed by atoms with van der Waals surface area (Å²) < 4.78 is 10.9. The van der Waals surface area contributed by atoms with Gasteiger partial charge in [-0.15, -0.1) is 0 Å². The second kappa shape index (κ2) is 8.87. The summed E-state index contributed by atoms with van der Waals surface area (Å²) in [5, 5.41) is 0. The maximum absolute atomic E-state index is 13.1. The Morgan fingerprint density at radius 3 is 2.71 bits per heavy atom. The van der Waals surface area contributed by atoms with Gasteiger partial charge in [-0.05, 0) is 43.6 Å². The van der Waals surface area contributed by atoms with Crippen LogP contribution in [0.15, 0.2) is 54.3 Å². The monoisotopic (exact) mass is 383 g/mol. The third-order valence-corrected chi connectivity index (χ3v) is 4.95. The number of amides is 2. The maximum Gasteiger partial charge on any atom is 0.416 e. The van der Waals surface area contributed by atoms with E-state index in [1.54, 1.807) is 13.0 Å². The number of carbonyl (C=O) groups is 3. The Labute approximate surface area is 164 Å². The van der Waals surface area contributed by atoms with E-state index in [1.165, 1.54) is 6.08 Å². The molecule has 0 aliphatic carbocycles. The molecule has 0 aromatic heterocycles. The molecule has 0 bridgehead atoms. The van der Waals surface area contributed by atoms with Crippen molar-refractivity contribution in [2.45, 2.75) is 45.3 Å². The van der Waals surface area contributed by atoms with E-state index in [-0.39, 0.29) is 12.4 Å². The van der Waals surface area contributed by atoms with Crippen molar-refractivity contribution in [2.75, 3.05) is 6.61 Å². The molecular weight excluding hydrogens is 358 g/mol. The largest absolute Gasteiger partial charge is 0.482 e. The van der Waals surface area contributed by atoms with Gasteiger partial charge < -0.3 is 9.47 Å². The summed E-state index contributed by atoms with van der Waals surface area (Å²) in [5.74, 6) is -0.948. The first kappa shape index (κ1) is 19.9. The molecule has 2 unspecified atom stereocenters. The molecule has 3 rings (SSSR count). The molecular formula is C22H25NO5. The molecule has 6 heteroatoms. The van der Waals surface area contributed by atoms with E-state index in [0.717, 1.165) is 23.3 Å². The zero-order valence-electron chi connectivity index (χ0n) is 16.2. The van der Waals surface area contributed by atoms with Gasteiger partial charge in [0.2, 0.25) is 5.91 Å². The number of carbonyl (C=O) groups excluding carboxylic acids is 3. The van der Waals surface area contributed by atoms with Crippen molar-refractivity contribution in [1.29, 1.82) is 0 Å². The van der Waals surface area contributed by atoms with Crippen LogP contribution in [0.2, 0.25) is 0 Å². The molecule has 1 aromatic rings. The van der Waals surface area contributed by atoms with Crippen LogP contribution in [0.5, 0.6) is 0 Å². The molecule has 0 N–H and O–H groups in total. The molecule has 1 fully saturated rings. The van der Waals surface area contributed by atoms with E-state index < -0.39 is 30.1 Å². The van der Waals surface area contributed by atoms with Crippen LogP contribution in [-0.2, 0) is 25.5 Å². The van der Waals surface area contributed by atoms with Gasteiger partial charge in [0.15, 0.2) is 11.9 Å². The highest BCUT2D eigenvalue weighted by atomic mass is 16.6. The third-order valence-electron chi connectivity index (χ3n) is 4.95. The molecule has 1 aromatic carbocycles. The van der Waals surface area contributed by atoms with Crippen LogP contribution < -0.4 is 0 Å². The number of ether oxygens (including phenoxy) is 2. The van der Waals surface area contributed by atoms with Gasteiger partial charge in [-0.2, -0.15) is 0 Å². The van der Waals surface area contributed by atoms with Crippen LogP contribution in [0.3, 0.4) is 0 Å². The minimum atomic E-state index is -0.939. The van der Waals surface area contributed by atoms with Crippen LogP contribution in [-0.4, -0.2) is 41.4 Å². The lowest BCUT2D eigenvalue weighted by Gasteiger charge is -2.29. The molecule has 148 valence electrons. The second-order valence-corrected chi connectivity index (χ2v) is 7.09. The smallest absolute Gasteiger partial charge is 0.416 e. The van der Waals surface area contributed by atoms with E-state index in [1.807, 2.05) is 43.3 Å². The Hall–Kier alpha value is -2.89. The number of rotatable bonds is 6. The minimum Gasteiger partial charge on any atom is -0.482 e. The third kappa shape index (κ3) is 4.32. The molecule has 2 aliphatic rings. The van der Waals surface area contributed by atoms with E-state index in [4.69, 9.17) is 9.47 Å². The highest BCUT2D eigenvalue weighted by molar-refractivity contribution is 6.01. The van der Waals surface area contributed by atoms with E-state index in [9.17, 15) is 14.4 Å². The fraction of sp³-hybridized carbons (Fsp3) is 0.409. The number of cyclic esters (lactones) is 1. The predicted octanol–water partition coefficient (Wildman–Crippen LogP) is 3.42. The first-order chi connectivity index (χ1) is 13.5. The highest BCUT2D eigenvalue weighted by Gasteiger charge is 2.43. The SMILES string of the molecule is CCC/C=C1/C=CC(=O)C([C@H](C)C(=O)N2C(=O)OCC2Cc2ccccc2)O1. The van der Waals surface area contributed by atoms with E-state index >= 15 is 0 Å². The summed E-state index contributed by atoms with van der Waals surface area (Å²) in [6, 6.07) is 9.22. The molecule has 2 aliphatic heterocycles. The van der Waals surface area contributed by atoms with E-state index in [2.05, 4.69) is 0 Å². The Kier molecular flexibility index (Phi) is 6.29. The summed E-state index contributed by atoms with van der Waals surface area (Å²) in [6.45, 7) is 3.81. The van der Waals surface area contributed by atoms with Crippen LogP contribution in [0.25, 0.3) is 0 Å². The summed E-state index contributed by atoms with van der Waals surface area (Å²) >= 11 is 0. The topological polar surface area (TPSA) is 72.9 Å². The van der Waals surface area contributed by atoms with Crippen LogP contribution in [0.1, 0.15) is 32.3 Å². The van der Waals surface area contributed by atoms with Crippen LogP contribution in [0, 0.1) is 5.92 Å². The number of hydrogen-bond acceptors (Lipinski definition) is 5. The fourth-order valence-corrected chi connectivity index (χ4v) is 3.37. The highest BCUT2D eigenvalue weighted by Crippen LogP contribution is 2.25. The van der Waals surface area contributed by atoms with Gasteiger partial charge in [-0.25, -0.2) is 9.69 Å². The molecule has 2 heterocycles. The molecule has 2 amide bonds. The number of unbranched alkanes of at least 4 members (excludes halogenated alkanes) is 1. The first-order valence-corrected chi connectivity index (χ1v) is 9.63. The van der Waals surface area contributed by atoms with Crippen molar-refractivity contribution in [1.82, 2.24) is 4.90 Å². The number of hydrogen-bond donors (Lipinski definition) is 0. The van der Waals surface area contributed by atoms with Gasteiger partial charge in [-0.1, -0.05) is 43.7 Å². The summed E-state index contributed by atoms with van der Waals surface area (Å²) in [6.07, 6.45) is 5.62. The van der Waals surface area contributed by atoms with Crippen molar-refractivity contribution >= 4 is 17.8 Å². The Morgan fingerprint density at radius 2 is 2.00 bits per heavy atom. The van der Waals surface area contributed by atoms with Crippen molar-refractivity contribution in [2.24, 2.45) is 5.92 Å². The molecule has 0 spiro atoms. The molecule has 1 saturated heterocycles. The first-order valence-electron chi connectivity index (χ1n) is 9.63. The quantitative estimate of drug-likeness (QED) is 0.753. The molecule has 0 radical (unpaired) electrons. The van der Waals surface area contributed by atoms with Crippen molar-refractivity contribution in [3.8, 4) is 0 Å². The minimum absolute atomic E-state index is 0.146. The van der Waals surface area contributed by atoms with Crippen molar-refractivity contribution in [3.63, 3.8) is 0 Å². The number of nitrogens with zero attached hydrogens (tertiary/aromatic N) is 1. The molecule has 0 saturated carbocycles. The van der Waals surface area contributed by atoms with Gasteiger partial charge in [-0.3, -0.25) is 9.59 Å². The Bertz CT molecular complexity index is 798. The van der Waals surface area contributed by atoms with Crippen molar-refractivity contribution < 1.29 is 23.9 Å². The predicted molar refractivity (Wildman–Crippen MR) is 103 cm³/mol. The molecule has 3 atom stereocenters. The lowest BCUT2D eigenvalue weighted by molar-refractivity contribution is -0.142. The standard InChI is InChI=1S/C22H25NO5/c1-3-4-10-18-11-12-19(24)20(28-18)15(2)21(25)23-17(14-27-22(23)26)13-16-8-6-5-7-9-16/h5-12,15,17,20H,3-4,13-14H2,1-2H3/b18-10-/t15-,17?,20?/m0/s1. The number of ketones is 1. The Balaban J connectivity index is 1.74. The lowest BCUT2D eigenvalue weighted by Crippen LogP contribution is -2.48. The Morgan fingerprint density at radius 1 is 1.25 bits per heavy atom. The second-order valence-electron chi connectivity index (χ2n) is 7.09. The average molecular weight is 383 g/mol. The van der Waals surface area contributed by atoms with Gasteiger partial charge in [0, 0.05) is 0 Å². The fourth-order valence-electron chi connectivity index (χ4n) is 3.37. The zero-order valence-corrected chi connectivity index (χ0v) is 16.2. The van der Waals surface area contributed by atoms with Gasteiger partial charge in [0.1, 0.15) is 12.4 Å². The molecule has 28 heavy (non-hydrogen) atoms. The normalized spacial score (nSPS) is 24.2. The van der Waals surface area contributed by atoms with Gasteiger partial charge >= 0.3 is 6.09 Å². The summed E-state index contributed by atoms with van der Waals surface area (Å²) in [4.78, 5) is 38.7. The average Bonchev–Trinajstić information content (AvgIpc) is 3.07. The summed E-state index contributed by atoms with van der Waals surface area (Å²) in [5.41, 5.74) is 1.01. The number of imide groups is 1. The number of benzene rings is 1. The summed E-state index contributed by atoms with van der Waals surface area (Å²) in [7, 11) is 0. The van der Waals surface area contributed by atoms with Gasteiger partial charge in [0.05, 0.1) is 12.0 Å². The maximum atomic E-state index is 13.1. The van der Waals surface area contributed by atoms with Gasteiger partial charge in [0.25, 0.3) is 0 Å².